The SMILES string of the molecule is O[C@@]1(CNCCOc2cccc3cccnc23)CCNC1. The molecule has 3 N–H and O–H groups in total. The molecule has 0 amide bonds. The summed E-state index contributed by atoms with van der Waals surface area (Å²) in [5, 5.41) is 17.7. The lowest BCUT2D eigenvalue weighted by Crippen LogP contribution is -2.43. The first-order chi connectivity index (χ1) is 10.3. The molecule has 2 heterocycles. The Bertz CT molecular complexity index is 592. The van der Waals surface area contributed by atoms with Gasteiger partial charge in [0, 0.05) is 31.2 Å². The van der Waals surface area contributed by atoms with E-state index < -0.39 is 5.60 Å². The summed E-state index contributed by atoms with van der Waals surface area (Å²) in [4.78, 5) is 4.36. The van der Waals surface area contributed by atoms with Crippen molar-refractivity contribution in [3.05, 3.63) is 36.5 Å². The highest BCUT2D eigenvalue weighted by atomic mass is 16.5. The molecule has 112 valence electrons. The summed E-state index contributed by atoms with van der Waals surface area (Å²) >= 11 is 0. The summed E-state index contributed by atoms with van der Waals surface area (Å²) in [6.07, 6.45) is 2.57. The second kappa shape index (κ2) is 6.39. The van der Waals surface area contributed by atoms with E-state index in [9.17, 15) is 5.11 Å². The first-order valence-electron chi connectivity index (χ1n) is 7.37. The van der Waals surface area contributed by atoms with Crippen LogP contribution in [-0.4, -0.2) is 48.5 Å². The molecule has 21 heavy (non-hydrogen) atoms. The van der Waals surface area contributed by atoms with Gasteiger partial charge in [-0.2, -0.15) is 0 Å². The van der Waals surface area contributed by atoms with E-state index in [-0.39, 0.29) is 0 Å². The van der Waals surface area contributed by atoms with Crippen molar-refractivity contribution in [2.45, 2.75) is 12.0 Å². The lowest BCUT2D eigenvalue weighted by atomic mass is 10.0. The van der Waals surface area contributed by atoms with Crippen LogP contribution in [0.3, 0.4) is 0 Å². The quantitative estimate of drug-likeness (QED) is 0.690. The number of β-amino-alcohol motifs (C(OH)–C–C–N with tert-alkyl or cyclic N) is 1. The molecule has 2 aromatic rings. The molecule has 0 aliphatic carbocycles. The molecule has 1 aliphatic heterocycles. The second-order valence-electron chi connectivity index (χ2n) is 5.51. The average molecular weight is 287 g/mol. The minimum Gasteiger partial charge on any atom is -0.490 e. The third-order valence-electron chi connectivity index (χ3n) is 3.81. The van der Waals surface area contributed by atoms with Crippen LogP contribution in [0.5, 0.6) is 5.75 Å². The number of hydrogen-bond acceptors (Lipinski definition) is 5. The molecule has 5 heteroatoms. The molecule has 0 spiro atoms. The molecule has 1 fully saturated rings. The third-order valence-corrected chi connectivity index (χ3v) is 3.81. The highest BCUT2D eigenvalue weighted by Gasteiger charge is 2.30. The van der Waals surface area contributed by atoms with E-state index >= 15 is 0 Å². The Hall–Kier alpha value is -1.69. The maximum absolute atomic E-state index is 10.2. The van der Waals surface area contributed by atoms with Crippen molar-refractivity contribution >= 4 is 10.9 Å². The molecule has 0 bridgehead atoms. The van der Waals surface area contributed by atoms with Crippen molar-refractivity contribution in [1.29, 1.82) is 0 Å². The Morgan fingerprint density at radius 3 is 3.10 bits per heavy atom. The Labute approximate surface area is 124 Å². The van der Waals surface area contributed by atoms with Gasteiger partial charge in [-0.05, 0) is 25.1 Å². The lowest BCUT2D eigenvalue weighted by Gasteiger charge is -2.21. The summed E-state index contributed by atoms with van der Waals surface area (Å²) in [5.41, 5.74) is 0.277. The van der Waals surface area contributed by atoms with Gasteiger partial charge in [0.05, 0.1) is 5.60 Å². The molecular formula is C16H21N3O2. The van der Waals surface area contributed by atoms with Crippen molar-refractivity contribution in [3.63, 3.8) is 0 Å². The molecule has 0 radical (unpaired) electrons. The van der Waals surface area contributed by atoms with Gasteiger partial charge in [0.15, 0.2) is 0 Å². The van der Waals surface area contributed by atoms with Gasteiger partial charge in [0.25, 0.3) is 0 Å². The van der Waals surface area contributed by atoms with Gasteiger partial charge in [-0.1, -0.05) is 18.2 Å². The minimum absolute atomic E-state index is 0.555. The fourth-order valence-corrected chi connectivity index (χ4v) is 2.63. The van der Waals surface area contributed by atoms with Gasteiger partial charge in [-0.25, -0.2) is 0 Å². The normalized spacial score (nSPS) is 21.8. The fraction of sp³-hybridized carbons (Fsp3) is 0.438. The van der Waals surface area contributed by atoms with Crippen molar-refractivity contribution in [2.24, 2.45) is 0 Å². The first kappa shape index (κ1) is 14.3. The Balaban J connectivity index is 1.48. The predicted octanol–water partition coefficient (Wildman–Crippen LogP) is 0.928. The number of para-hydroxylation sites is 1. The van der Waals surface area contributed by atoms with Crippen molar-refractivity contribution in [2.75, 3.05) is 32.8 Å². The molecule has 1 aromatic heterocycles. The van der Waals surface area contributed by atoms with Gasteiger partial charge in [-0.3, -0.25) is 4.98 Å². The van der Waals surface area contributed by atoms with Crippen LogP contribution in [0.25, 0.3) is 10.9 Å². The molecule has 5 nitrogen and oxygen atoms in total. The van der Waals surface area contributed by atoms with Crippen LogP contribution in [0.4, 0.5) is 0 Å². The van der Waals surface area contributed by atoms with Crippen LogP contribution in [-0.2, 0) is 0 Å². The summed E-state index contributed by atoms with van der Waals surface area (Å²) in [5.74, 6) is 0.802. The monoisotopic (exact) mass is 287 g/mol. The van der Waals surface area contributed by atoms with E-state index in [1.165, 1.54) is 0 Å². The smallest absolute Gasteiger partial charge is 0.145 e. The summed E-state index contributed by atoms with van der Waals surface area (Å²) in [6, 6.07) is 9.87. The number of benzene rings is 1. The Morgan fingerprint density at radius 1 is 1.33 bits per heavy atom. The maximum Gasteiger partial charge on any atom is 0.145 e. The van der Waals surface area contributed by atoms with Gasteiger partial charge in [0.2, 0.25) is 0 Å². The van der Waals surface area contributed by atoms with Crippen LogP contribution in [0, 0.1) is 0 Å². The zero-order valence-electron chi connectivity index (χ0n) is 12.0. The molecule has 1 aromatic carbocycles. The number of pyridine rings is 1. The number of aliphatic hydroxyl groups is 1. The van der Waals surface area contributed by atoms with Crippen molar-refractivity contribution in [1.82, 2.24) is 15.6 Å². The minimum atomic E-state index is -0.610. The number of ether oxygens (including phenoxy) is 1. The maximum atomic E-state index is 10.2. The van der Waals surface area contributed by atoms with E-state index in [2.05, 4.69) is 15.6 Å². The predicted molar refractivity (Wildman–Crippen MR) is 82.5 cm³/mol. The summed E-state index contributed by atoms with van der Waals surface area (Å²) < 4.78 is 5.79. The van der Waals surface area contributed by atoms with Gasteiger partial charge in [0.1, 0.15) is 17.9 Å². The third kappa shape index (κ3) is 3.50. The number of nitrogens with one attached hydrogen (secondary N) is 2. The largest absolute Gasteiger partial charge is 0.490 e. The molecule has 1 saturated heterocycles. The topological polar surface area (TPSA) is 66.4 Å². The van der Waals surface area contributed by atoms with Gasteiger partial charge in [-0.15, -0.1) is 0 Å². The van der Waals surface area contributed by atoms with Crippen LogP contribution in [0.15, 0.2) is 36.5 Å². The second-order valence-corrected chi connectivity index (χ2v) is 5.51. The lowest BCUT2D eigenvalue weighted by molar-refractivity contribution is 0.0604. The Morgan fingerprint density at radius 2 is 2.24 bits per heavy atom. The van der Waals surface area contributed by atoms with E-state index in [4.69, 9.17) is 4.74 Å². The number of hydrogen-bond donors (Lipinski definition) is 3. The molecular weight excluding hydrogens is 266 g/mol. The number of nitrogens with zero attached hydrogens (tertiary/aromatic N) is 1. The van der Waals surface area contributed by atoms with Crippen LogP contribution < -0.4 is 15.4 Å². The number of aromatic nitrogens is 1. The molecule has 1 atom stereocenters. The molecule has 1 aliphatic rings. The summed E-state index contributed by atoms with van der Waals surface area (Å²) in [6.45, 7) is 3.40. The zero-order chi connectivity index (χ0) is 14.5. The van der Waals surface area contributed by atoms with Crippen molar-refractivity contribution < 1.29 is 9.84 Å². The van der Waals surface area contributed by atoms with Crippen LogP contribution in [0.2, 0.25) is 0 Å². The van der Waals surface area contributed by atoms with Gasteiger partial charge >= 0.3 is 0 Å². The highest BCUT2D eigenvalue weighted by molar-refractivity contribution is 5.84. The van der Waals surface area contributed by atoms with E-state index in [1.54, 1.807) is 6.20 Å². The number of rotatable bonds is 6. The van der Waals surface area contributed by atoms with Crippen LogP contribution >= 0.6 is 0 Å². The van der Waals surface area contributed by atoms with Crippen LogP contribution in [0.1, 0.15) is 6.42 Å². The standard InChI is InChI=1S/C16H21N3O2/c20-16(6-8-17-11-16)12-18-9-10-21-14-5-1-3-13-4-2-7-19-15(13)14/h1-5,7,17-18,20H,6,8-12H2/t16-/m0/s1. The van der Waals surface area contributed by atoms with Gasteiger partial charge < -0.3 is 20.5 Å². The Kier molecular flexibility index (Phi) is 4.34. The number of fused-ring (bicyclic) bond motifs is 1. The highest BCUT2D eigenvalue weighted by Crippen LogP contribution is 2.22. The first-order valence-corrected chi connectivity index (χ1v) is 7.37. The van der Waals surface area contributed by atoms with Crippen molar-refractivity contribution in [3.8, 4) is 5.75 Å². The zero-order valence-corrected chi connectivity index (χ0v) is 12.0. The summed E-state index contributed by atoms with van der Waals surface area (Å²) in [7, 11) is 0. The molecule has 3 rings (SSSR count). The van der Waals surface area contributed by atoms with E-state index in [0.29, 0.717) is 26.2 Å². The fourth-order valence-electron chi connectivity index (χ4n) is 2.63. The van der Waals surface area contributed by atoms with E-state index in [1.807, 2.05) is 30.3 Å². The molecule has 0 unspecified atom stereocenters. The molecule has 0 saturated carbocycles. The average Bonchev–Trinajstić information content (AvgIpc) is 2.94. The van der Waals surface area contributed by atoms with E-state index in [0.717, 1.165) is 29.6 Å².